The second kappa shape index (κ2) is 3.62. The average molecular weight is 160 g/mol. The summed E-state index contributed by atoms with van der Waals surface area (Å²) >= 11 is 5.56. The zero-order valence-corrected chi connectivity index (χ0v) is 6.88. The van der Waals surface area contributed by atoms with Crippen molar-refractivity contribution in [2.24, 2.45) is 0 Å². The Hall–Kier alpha value is -0.500. The Morgan fingerprint density at radius 2 is 2.40 bits per heavy atom. The van der Waals surface area contributed by atoms with E-state index in [9.17, 15) is 0 Å². The molecule has 0 saturated heterocycles. The topological polar surface area (TPSA) is 8.81 Å². The highest BCUT2D eigenvalue weighted by Crippen LogP contribution is 1.83. The van der Waals surface area contributed by atoms with Gasteiger partial charge in [0.1, 0.15) is 18.9 Å². The molecule has 0 fully saturated rings. The Balaban J connectivity index is 2.59. The van der Waals surface area contributed by atoms with Gasteiger partial charge in [0.2, 0.25) is 6.33 Å². The molecular weight excluding hydrogens is 148 g/mol. The minimum atomic E-state index is 0.679. The van der Waals surface area contributed by atoms with Crippen LogP contribution in [0.4, 0.5) is 0 Å². The number of alkyl halides is 1. The van der Waals surface area contributed by atoms with E-state index in [0.717, 1.165) is 13.1 Å². The first kappa shape index (κ1) is 7.61. The minimum Gasteiger partial charge on any atom is -0.237 e. The summed E-state index contributed by atoms with van der Waals surface area (Å²) in [5.41, 5.74) is 0. The van der Waals surface area contributed by atoms with E-state index in [0.29, 0.717) is 5.88 Å². The second-order valence-electron chi connectivity index (χ2n) is 2.17. The third-order valence-corrected chi connectivity index (χ3v) is 1.62. The van der Waals surface area contributed by atoms with E-state index >= 15 is 0 Å². The van der Waals surface area contributed by atoms with Crippen LogP contribution in [0, 0.1) is 0 Å². The number of rotatable bonds is 3. The van der Waals surface area contributed by atoms with E-state index in [1.807, 2.05) is 12.4 Å². The molecule has 0 saturated carbocycles. The fourth-order valence-corrected chi connectivity index (χ4v) is 1.05. The van der Waals surface area contributed by atoms with Gasteiger partial charge in [-0.25, -0.2) is 9.13 Å². The van der Waals surface area contributed by atoms with Gasteiger partial charge in [0, 0.05) is 0 Å². The largest absolute Gasteiger partial charge is 0.243 e. The van der Waals surface area contributed by atoms with Crippen LogP contribution >= 0.6 is 11.6 Å². The monoisotopic (exact) mass is 159 g/mol. The maximum atomic E-state index is 5.56. The van der Waals surface area contributed by atoms with E-state index in [1.165, 1.54) is 0 Å². The van der Waals surface area contributed by atoms with Crippen molar-refractivity contribution in [3.63, 3.8) is 0 Å². The van der Waals surface area contributed by atoms with Crippen LogP contribution in [-0.4, -0.2) is 10.4 Å². The van der Waals surface area contributed by atoms with Crippen molar-refractivity contribution in [2.75, 3.05) is 5.88 Å². The number of imidazole rings is 1. The van der Waals surface area contributed by atoms with Crippen LogP contribution in [0.5, 0.6) is 0 Å². The first-order valence-corrected chi connectivity index (χ1v) is 4.01. The fourth-order valence-electron chi connectivity index (χ4n) is 0.856. The van der Waals surface area contributed by atoms with Crippen LogP contribution in [-0.2, 0) is 13.1 Å². The lowest BCUT2D eigenvalue weighted by atomic mass is 10.7. The molecule has 1 heterocycles. The average Bonchev–Trinajstić information content (AvgIpc) is 2.37. The summed E-state index contributed by atoms with van der Waals surface area (Å²) in [6, 6.07) is 0. The van der Waals surface area contributed by atoms with Gasteiger partial charge in [-0.05, 0) is 6.92 Å². The van der Waals surface area contributed by atoms with Crippen molar-refractivity contribution in [1.82, 2.24) is 4.57 Å². The van der Waals surface area contributed by atoms with E-state index < -0.39 is 0 Å². The van der Waals surface area contributed by atoms with Crippen LogP contribution in [0.15, 0.2) is 18.7 Å². The Morgan fingerprint density at radius 1 is 1.60 bits per heavy atom. The van der Waals surface area contributed by atoms with Crippen molar-refractivity contribution in [1.29, 1.82) is 0 Å². The lowest BCUT2D eigenvalue weighted by Gasteiger charge is -1.87. The van der Waals surface area contributed by atoms with Crippen LogP contribution in [0.1, 0.15) is 6.92 Å². The third kappa shape index (κ3) is 1.74. The quantitative estimate of drug-likeness (QED) is 0.460. The first-order chi connectivity index (χ1) is 4.86. The highest BCUT2D eigenvalue weighted by molar-refractivity contribution is 6.17. The highest BCUT2D eigenvalue weighted by Gasteiger charge is 1.98. The molecule has 2 nitrogen and oxygen atoms in total. The van der Waals surface area contributed by atoms with Gasteiger partial charge in [0.15, 0.2) is 0 Å². The standard InChI is InChI=1S/C7H12ClN2/c1-2-9-5-6-10(7-9)4-3-8/h5-7H,2-4H2,1H3/q+1. The van der Waals surface area contributed by atoms with E-state index in [2.05, 4.69) is 22.4 Å². The molecule has 0 bridgehead atoms. The minimum absolute atomic E-state index is 0.679. The molecule has 0 N–H and O–H groups in total. The number of hydrogen-bond acceptors (Lipinski definition) is 0. The molecule has 0 aliphatic heterocycles. The summed E-state index contributed by atoms with van der Waals surface area (Å²) in [4.78, 5) is 0. The number of aromatic nitrogens is 2. The van der Waals surface area contributed by atoms with Gasteiger partial charge < -0.3 is 0 Å². The fraction of sp³-hybridized carbons (Fsp3) is 0.571. The molecule has 0 spiro atoms. The molecule has 0 atom stereocenters. The van der Waals surface area contributed by atoms with Crippen molar-refractivity contribution in [3.05, 3.63) is 18.7 Å². The van der Waals surface area contributed by atoms with Crippen LogP contribution in [0.3, 0.4) is 0 Å². The zero-order chi connectivity index (χ0) is 7.40. The summed E-state index contributed by atoms with van der Waals surface area (Å²) in [7, 11) is 0. The molecule has 0 aliphatic rings. The molecule has 3 heteroatoms. The lowest BCUT2D eigenvalue weighted by Crippen LogP contribution is -2.31. The molecule has 10 heavy (non-hydrogen) atoms. The van der Waals surface area contributed by atoms with Gasteiger partial charge >= 0.3 is 0 Å². The maximum absolute atomic E-state index is 5.56. The zero-order valence-electron chi connectivity index (χ0n) is 6.13. The molecule has 0 unspecified atom stereocenters. The van der Waals surface area contributed by atoms with Gasteiger partial charge in [-0.15, -0.1) is 11.6 Å². The third-order valence-electron chi connectivity index (χ3n) is 1.45. The van der Waals surface area contributed by atoms with Crippen LogP contribution < -0.4 is 4.57 Å². The van der Waals surface area contributed by atoms with Crippen molar-refractivity contribution in [3.8, 4) is 0 Å². The molecule has 0 amide bonds. The number of nitrogens with zero attached hydrogens (tertiary/aromatic N) is 2. The predicted octanol–water partition coefficient (Wildman–Crippen LogP) is 1.03. The van der Waals surface area contributed by atoms with Crippen LogP contribution in [0.25, 0.3) is 0 Å². The van der Waals surface area contributed by atoms with Gasteiger partial charge in [-0.2, -0.15) is 0 Å². The molecule has 1 aromatic rings. The summed E-state index contributed by atoms with van der Waals surface area (Å²) < 4.78 is 4.20. The first-order valence-electron chi connectivity index (χ1n) is 3.47. The lowest BCUT2D eigenvalue weighted by molar-refractivity contribution is -0.692. The second-order valence-corrected chi connectivity index (χ2v) is 2.55. The van der Waals surface area contributed by atoms with Crippen LogP contribution in [0.2, 0.25) is 0 Å². The molecule has 1 aromatic heterocycles. The van der Waals surface area contributed by atoms with Gasteiger partial charge in [0.05, 0.1) is 12.4 Å². The molecule has 0 radical (unpaired) electrons. The number of aryl methyl sites for hydroxylation is 2. The van der Waals surface area contributed by atoms with Crippen molar-refractivity contribution < 1.29 is 4.57 Å². The molecule has 0 aliphatic carbocycles. The summed E-state index contributed by atoms with van der Waals surface area (Å²) in [5, 5.41) is 0. The maximum Gasteiger partial charge on any atom is 0.243 e. The Labute approximate surface area is 66.0 Å². The van der Waals surface area contributed by atoms with Crippen molar-refractivity contribution in [2.45, 2.75) is 20.0 Å². The number of hydrogen-bond donors (Lipinski definition) is 0. The molecular formula is C7H12ClN2+. The predicted molar refractivity (Wildman–Crippen MR) is 41.0 cm³/mol. The van der Waals surface area contributed by atoms with E-state index in [4.69, 9.17) is 11.6 Å². The van der Waals surface area contributed by atoms with Gasteiger partial charge in [-0.1, -0.05) is 0 Å². The Bertz CT molecular complexity index is 195. The summed E-state index contributed by atoms with van der Waals surface area (Å²) in [6.45, 7) is 4.04. The summed E-state index contributed by atoms with van der Waals surface area (Å²) in [5.74, 6) is 0.679. The summed E-state index contributed by atoms with van der Waals surface area (Å²) in [6.07, 6.45) is 6.14. The van der Waals surface area contributed by atoms with E-state index in [1.54, 1.807) is 0 Å². The van der Waals surface area contributed by atoms with Gasteiger partial charge in [-0.3, -0.25) is 0 Å². The van der Waals surface area contributed by atoms with Crippen molar-refractivity contribution >= 4 is 11.6 Å². The highest BCUT2D eigenvalue weighted by atomic mass is 35.5. The molecule has 0 aromatic carbocycles. The normalized spacial score (nSPS) is 10.2. The molecule has 56 valence electrons. The SMILES string of the molecule is CCn1cc[n+](CCCl)c1. The Morgan fingerprint density at radius 3 is 2.90 bits per heavy atom. The number of halogens is 1. The Kier molecular flexibility index (Phi) is 2.75. The van der Waals surface area contributed by atoms with E-state index in [-0.39, 0.29) is 0 Å². The van der Waals surface area contributed by atoms with Gasteiger partial charge in [0.25, 0.3) is 0 Å². The smallest absolute Gasteiger partial charge is 0.237 e. The molecule has 1 rings (SSSR count).